The minimum Gasteiger partial charge on any atom is -0.398 e. The first kappa shape index (κ1) is 15.7. The van der Waals surface area contributed by atoms with Crippen LogP contribution in [0.2, 0.25) is 0 Å². The SMILES string of the molecule is Nc1ccccc1-c1ccc(-c2cccc3ccccc23)c2ccccc12. The second-order valence-electron chi connectivity index (χ2n) is 6.82. The lowest BCUT2D eigenvalue weighted by atomic mass is 9.90. The molecule has 0 aliphatic heterocycles. The van der Waals surface area contributed by atoms with E-state index in [0.29, 0.717) is 0 Å². The zero-order chi connectivity index (χ0) is 18.2. The number of rotatable bonds is 2. The van der Waals surface area contributed by atoms with E-state index >= 15 is 0 Å². The number of fused-ring (bicyclic) bond motifs is 2. The van der Waals surface area contributed by atoms with E-state index in [0.717, 1.165) is 11.3 Å². The van der Waals surface area contributed by atoms with Gasteiger partial charge in [-0.25, -0.2) is 0 Å². The largest absolute Gasteiger partial charge is 0.398 e. The molecule has 0 bridgehead atoms. The fraction of sp³-hybridized carbons (Fsp3) is 0. The molecule has 0 spiro atoms. The number of hydrogen-bond acceptors (Lipinski definition) is 1. The molecule has 0 fully saturated rings. The Morgan fingerprint density at radius 3 is 1.59 bits per heavy atom. The van der Waals surface area contributed by atoms with E-state index in [9.17, 15) is 0 Å². The van der Waals surface area contributed by atoms with Gasteiger partial charge < -0.3 is 5.73 Å². The van der Waals surface area contributed by atoms with Crippen LogP contribution in [0.3, 0.4) is 0 Å². The van der Waals surface area contributed by atoms with Gasteiger partial charge in [-0.1, -0.05) is 97.1 Å². The molecule has 0 saturated carbocycles. The van der Waals surface area contributed by atoms with Gasteiger partial charge >= 0.3 is 0 Å². The Labute approximate surface area is 158 Å². The van der Waals surface area contributed by atoms with Crippen LogP contribution in [0.25, 0.3) is 43.8 Å². The second kappa shape index (κ2) is 6.30. The molecule has 2 N–H and O–H groups in total. The van der Waals surface area contributed by atoms with Crippen LogP contribution in [0, 0.1) is 0 Å². The Hall–Kier alpha value is -3.58. The van der Waals surface area contributed by atoms with Crippen LogP contribution >= 0.6 is 0 Å². The Kier molecular flexibility index (Phi) is 3.65. The quantitative estimate of drug-likeness (QED) is 0.346. The van der Waals surface area contributed by atoms with Gasteiger partial charge in [-0.15, -0.1) is 0 Å². The number of benzene rings is 5. The second-order valence-corrected chi connectivity index (χ2v) is 6.82. The molecule has 128 valence electrons. The summed E-state index contributed by atoms with van der Waals surface area (Å²) in [5.74, 6) is 0. The highest BCUT2D eigenvalue weighted by atomic mass is 14.6. The van der Waals surface area contributed by atoms with E-state index in [1.165, 1.54) is 38.2 Å². The van der Waals surface area contributed by atoms with Gasteiger partial charge in [-0.05, 0) is 44.3 Å². The van der Waals surface area contributed by atoms with Crippen molar-refractivity contribution in [3.63, 3.8) is 0 Å². The fourth-order valence-electron chi connectivity index (χ4n) is 3.97. The van der Waals surface area contributed by atoms with Gasteiger partial charge in [-0.2, -0.15) is 0 Å². The average molecular weight is 345 g/mol. The topological polar surface area (TPSA) is 26.0 Å². The lowest BCUT2D eigenvalue weighted by Gasteiger charge is -2.14. The molecule has 5 aromatic rings. The van der Waals surface area contributed by atoms with E-state index < -0.39 is 0 Å². The van der Waals surface area contributed by atoms with Crippen molar-refractivity contribution in [3.8, 4) is 22.3 Å². The standard InChI is InChI=1S/C26H19N/c27-26-15-6-5-13-25(26)24-17-16-23(21-11-3-4-12-22(21)24)20-14-7-9-18-8-1-2-10-19(18)20/h1-17H,27H2. The monoisotopic (exact) mass is 345 g/mol. The molecule has 0 heterocycles. The third-order valence-corrected chi connectivity index (χ3v) is 5.25. The molecule has 0 unspecified atom stereocenters. The van der Waals surface area contributed by atoms with E-state index in [-0.39, 0.29) is 0 Å². The van der Waals surface area contributed by atoms with E-state index in [1.807, 2.05) is 18.2 Å². The fourth-order valence-corrected chi connectivity index (χ4v) is 3.97. The summed E-state index contributed by atoms with van der Waals surface area (Å²) in [5.41, 5.74) is 11.8. The van der Waals surface area contributed by atoms with E-state index in [2.05, 4.69) is 84.9 Å². The highest BCUT2D eigenvalue weighted by molar-refractivity contribution is 6.10. The van der Waals surface area contributed by atoms with Crippen LogP contribution in [-0.2, 0) is 0 Å². The van der Waals surface area contributed by atoms with Crippen molar-refractivity contribution in [1.82, 2.24) is 0 Å². The summed E-state index contributed by atoms with van der Waals surface area (Å²) in [6.45, 7) is 0. The maximum Gasteiger partial charge on any atom is 0.0393 e. The summed E-state index contributed by atoms with van der Waals surface area (Å²) >= 11 is 0. The highest BCUT2D eigenvalue weighted by Gasteiger charge is 2.12. The summed E-state index contributed by atoms with van der Waals surface area (Å²) < 4.78 is 0. The number of nitrogens with two attached hydrogens (primary N) is 1. The Balaban J connectivity index is 1.84. The highest BCUT2D eigenvalue weighted by Crippen LogP contribution is 2.39. The van der Waals surface area contributed by atoms with Crippen molar-refractivity contribution in [1.29, 1.82) is 0 Å². The number of nitrogen functional groups attached to an aromatic ring is 1. The maximum absolute atomic E-state index is 6.27. The molecule has 1 heteroatoms. The zero-order valence-electron chi connectivity index (χ0n) is 14.9. The number of para-hydroxylation sites is 1. The molecule has 0 radical (unpaired) electrons. The zero-order valence-corrected chi connectivity index (χ0v) is 14.9. The van der Waals surface area contributed by atoms with Crippen molar-refractivity contribution in [2.75, 3.05) is 5.73 Å². The van der Waals surface area contributed by atoms with Crippen LogP contribution in [0.4, 0.5) is 5.69 Å². The predicted octanol–water partition coefficient (Wildman–Crippen LogP) is 6.91. The van der Waals surface area contributed by atoms with Crippen molar-refractivity contribution < 1.29 is 0 Å². The van der Waals surface area contributed by atoms with Crippen LogP contribution in [-0.4, -0.2) is 0 Å². The first-order valence-electron chi connectivity index (χ1n) is 9.18. The van der Waals surface area contributed by atoms with E-state index in [4.69, 9.17) is 5.73 Å². The van der Waals surface area contributed by atoms with Crippen molar-refractivity contribution in [3.05, 3.63) is 103 Å². The molecular formula is C26H19N. The first-order valence-corrected chi connectivity index (χ1v) is 9.18. The molecule has 0 atom stereocenters. The third kappa shape index (κ3) is 2.56. The molecule has 1 nitrogen and oxygen atoms in total. The van der Waals surface area contributed by atoms with Crippen LogP contribution in [0.1, 0.15) is 0 Å². The number of hydrogen-bond donors (Lipinski definition) is 1. The summed E-state index contributed by atoms with van der Waals surface area (Å²) in [5, 5.41) is 5.00. The summed E-state index contributed by atoms with van der Waals surface area (Å²) in [7, 11) is 0. The predicted molar refractivity (Wildman–Crippen MR) is 117 cm³/mol. The van der Waals surface area contributed by atoms with Gasteiger partial charge in [0.05, 0.1) is 0 Å². The van der Waals surface area contributed by atoms with Gasteiger partial charge in [0.15, 0.2) is 0 Å². The summed E-state index contributed by atoms with van der Waals surface area (Å²) in [6.07, 6.45) is 0. The average Bonchev–Trinajstić information content (AvgIpc) is 2.73. The molecule has 0 amide bonds. The Morgan fingerprint density at radius 1 is 0.370 bits per heavy atom. The van der Waals surface area contributed by atoms with Crippen molar-refractivity contribution in [2.45, 2.75) is 0 Å². The Morgan fingerprint density at radius 2 is 0.852 bits per heavy atom. The first-order chi connectivity index (χ1) is 13.3. The smallest absolute Gasteiger partial charge is 0.0393 e. The van der Waals surface area contributed by atoms with Gasteiger partial charge in [0.2, 0.25) is 0 Å². The maximum atomic E-state index is 6.27. The molecule has 0 saturated heterocycles. The van der Waals surface area contributed by atoms with Crippen LogP contribution in [0.15, 0.2) is 103 Å². The summed E-state index contributed by atoms with van der Waals surface area (Å²) in [4.78, 5) is 0. The normalized spacial score (nSPS) is 11.1. The molecule has 0 aromatic heterocycles. The van der Waals surface area contributed by atoms with E-state index in [1.54, 1.807) is 0 Å². The third-order valence-electron chi connectivity index (χ3n) is 5.25. The minimum atomic E-state index is 0.806. The lowest BCUT2D eigenvalue weighted by molar-refractivity contribution is 1.63. The molecule has 0 aliphatic rings. The molecule has 0 aliphatic carbocycles. The molecule has 27 heavy (non-hydrogen) atoms. The summed E-state index contributed by atoms with van der Waals surface area (Å²) in [6, 6.07) is 36.2. The van der Waals surface area contributed by atoms with Crippen molar-refractivity contribution in [2.24, 2.45) is 0 Å². The van der Waals surface area contributed by atoms with Crippen LogP contribution in [0.5, 0.6) is 0 Å². The van der Waals surface area contributed by atoms with Gasteiger partial charge in [-0.3, -0.25) is 0 Å². The minimum absolute atomic E-state index is 0.806. The van der Waals surface area contributed by atoms with Crippen LogP contribution < -0.4 is 5.73 Å². The van der Waals surface area contributed by atoms with Gasteiger partial charge in [0.25, 0.3) is 0 Å². The molecular weight excluding hydrogens is 326 g/mol. The molecule has 5 rings (SSSR count). The Bertz CT molecular complexity index is 1280. The van der Waals surface area contributed by atoms with Gasteiger partial charge in [0, 0.05) is 11.3 Å². The van der Waals surface area contributed by atoms with Gasteiger partial charge in [0.1, 0.15) is 0 Å². The van der Waals surface area contributed by atoms with Crippen molar-refractivity contribution >= 4 is 27.2 Å². The lowest BCUT2D eigenvalue weighted by Crippen LogP contribution is -1.91. The molecule has 5 aromatic carbocycles. The number of anilines is 1.